The van der Waals surface area contributed by atoms with E-state index in [0.717, 1.165) is 21.9 Å². The highest BCUT2D eigenvalue weighted by atomic mass is 32.1. The summed E-state index contributed by atoms with van der Waals surface area (Å²) in [4.78, 5) is 8.51. The van der Waals surface area contributed by atoms with E-state index >= 15 is 0 Å². The van der Waals surface area contributed by atoms with Crippen LogP contribution in [0.4, 0.5) is 17.1 Å². The van der Waals surface area contributed by atoms with Gasteiger partial charge in [-0.1, -0.05) is 72.8 Å². The van der Waals surface area contributed by atoms with Crippen molar-refractivity contribution in [2.45, 2.75) is 0 Å². The molecule has 0 atom stereocenters. The van der Waals surface area contributed by atoms with Crippen LogP contribution in [0.5, 0.6) is 0 Å². The molecule has 0 N–H and O–H groups in total. The van der Waals surface area contributed by atoms with E-state index in [9.17, 15) is 0 Å². The van der Waals surface area contributed by atoms with Gasteiger partial charge in [0.1, 0.15) is 4.83 Å². The van der Waals surface area contributed by atoms with Gasteiger partial charge in [0.05, 0.1) is 11.9 Å². The molecule has 0 aliphatic carbocycles. The van der Waals surface area contributed by atoms with Crippen LogP contribution in [0.25, 0.3) is 71.4 Å². The number of thiophene rings is 3. The van der Waals surface area contributed by atoms with Gasteiger partial charge in [-0.3, -0.25) is 0 Å². The fourth-order valence-corrected chi connectivity index (χ4v) is 9.95. The van der Waals surface area contributed by atoms with E-state index in [1.54, 1.807) is 11.3 Å². The largest absolute Gasteiger partial charge is 0.309 e. The van der Waals surface area contributed by atoms with Crippen LogP contribution in [0.2, 0.25) is 0 Å². The fraction of sp³-hybridized carbons (Fsp3) is 0. The van der Waals surface area contributed by atoms with Crippen molar-refractivity contribution in [1.29, 1.82) is 0 Å². The summed E-state index contributed by atoms with van der Waals surface area (Å²) >= 11 is 5.49. The Hall–Kier alpha value is -4.81. The van der Waals surface area contributed by atoms with Crippen LogP contribution < -0.4 is 4.90 Å². The third-order valence-electron chi connectivity index (χ3n) is 8.68. The molecule has 0 radical (unpaired) electrons. The van der Waals surface area contributed by atoms with Crippen molar-refractivity contribution in [2.75, 3.05) is 4.90 Å². The van der Waals surface area contributed by atoms with Gasteiger partial charge in [0.15, 0.2) is 0 Å². The zero-order valence-corrected chi connectivity index (χ0v) is 25.8. The SMILES string of the molecule is c1ccc2cc3c(cc2c1)sc1ncc(N(c2ccc4c(c2)sc2ccccc24)c2ccc4c(c2)sc2ccccc24)cc13. The molecule has 10 rings (SSSR count). The molecule has 0 unspecified atom stereocenters. The van der Waals surface area contributed by atoms with Crippen LogP contribution in [0.15, 0.2) is 134 Å². The molecule has 4 heterocycles. The Balaban J connectivity index is 1.22. The predicted octanol–water partition coefficient (Wildman–Crippen LogP) is 12.8. The molecule has 0 bridgehead atoms. The second kappa shape index (κ2) is 9.34. The zero-order valence-electron chi connectivity index (χ0n) is 23.3. The third-order valence-corrected chi connectivity index (χ3v) is 12.0. The highest BCUT2D eigenvalue weighted by molar-refractivity contribution is 7.26. The average molecular weight is 615 g/mol. The Morgan fingerprint density at radius 1 is 0.386 bits per heavy atom. The van der Waals surface area contributed by atoms with E-state index in [4.69, 9.17) is 4.98 Å². The quantitative estimate of drug-likeness (QED) is 0.197. The molecule has 0 amide bonds. The summed E-state index contributed by atoms with van der Waals surface area (Å²) < 4.78 is 6.49. The monoisotopic (exact) mass is 614 g/mol. The average Bonchev–Trinajstić information content (AvgIpc) is 3.74. The van der Waals surface area contributed by atoms with Crippen LogP contribution in [0.3, 0.4) is 0 Å². The lowest BCUT2D eigenvalue weighted by atomic mass is 10.1. The van der Waals surface area contributed by atoms with E-state index in [0.29, 0.717) is 0 Å². The van der Waals surface area contributed by atoms with Crippen LogP contribution >= 0.6 is 34.0 Å². The predicted molar refractivity (Wildman–Crippen MR) is 195 cm³/mol. The van der Waals surface area contributed by atoms with Crippen molar-refractivity contribution < 1.29 is 0 Å². The summed E-state index contributed by atoms with van der Waals surface area (Å²) in [6, 6.07) is 46.8. The lowest BCUT2D eigenvalue weighted by Crippen LogP contribution is -2.10. The number of hydrogen-bond acceptors (Lipinski definition) is 5. The summed E-state index contributed by atoms with van der Waals surface area (Å²) in [5.41, 5.74) is 3.33. The molecule has 206 valence electrons. The highest BCUT2D eigenvalue weighted by Gasteiger charge is 2.18. The van der Waals surface area contributed by atoms with Gasteiger partial charge in [-0.2, -0.15) is 0 Å². The van der Waals surface area contributed by atoms with Gasteiger partial charge in [0.25, 0.3) is 0 Å². The van der Waals surface area contributed by atoms with Crippen molar-refractivity contribution in [1.82, 2.24) is 4.98 Å². The lowest BCUT2D eigenvalue weighted by molar-refractivity contribution is 1.27. The summed E-state index contributed by atoms with van der Waals surface area (Å²) in [5.74, 6) is 0. The van der Waals surface area contributed by atoms with Crippen molar-refractivity contribution in [3.8, 4) is 0 Å². The number of benzene rings is 6. The molecule has 6 aromatic carbocycles. The van der Waals surface area contributed by atoms with Gasteiger partial charge in [-0.05, 0) is 65.4 Å². The number of anilines is 3. The molecule has 4 aromatic heterocycles. The van der Waals surface area contributed by atoms with Gasteiger partial charge in [0, 0.05) is 67.2 Å². The molecule has 5 heteroatoms. The minimum atomic E-state index is 1.06. The number of rotatable bonds is 3. The fourth-order valence-electron chi connectivity index (χ4n) is 6.61. The van der Waals surface area contributed by atoms with Crippen molar-refractivity contribution in [3.05, 3.63) is 134 Å². The Kier molecular flexibility index (Phi) is 5.23. The molecular formula is C39H22N2S3. The number of hydrogen-bond donors (Lipinski definition) is 0. The Bertz CT molecular complexity index is 2630. The van der Waals surface area contributed by atoms with E-state index in [2.05, 4.69) is 132 Å². The molecular weight excluding hydrogens is 593 g/mol. The zero-order chi connectivity index (χ0) is 28.8. The summed E-state index contributed by atoms with van der Waals surface area (Å²) in [5, 5.41) is 10.2. The van der Waals surface area contributed by atoms with E-state index in [1.165, 1.54) is 66.6 Å². The van der Waals surface area contributed by atoms with Crippen LogP contribution in [0.1, 0.15) is 0 Å². The smallest absolute Gasteiger partial charge is 0.124 e. The molecule has 0 aliphatic heterocycles. The molecule has 44 heavy (non-hydrogen) atoms. The van der Waals surface area contributed by atoms with E-state index in [-0.39, 0.29) is 0 Å². The third kappa shape index (κ3) is 3.67. The molecule has 2 nitrogen and oxygen atoms in total. The van der Waals surface area contributed by atoms with Crippen LogP contribution in [0, 0.1) is 0 Å². The maximum Gasteiger partial charge on any atom is 0.124 e. The number of nitrogens with zero attached hydrogens (tertiary/aromatic N) is 2. The first-order chi connectivity index (χ1) is 21.8. The first-order valence-electron chi connectivity index (χ1n) is 14.6. The standard InChI is InChI=1S/C39H22N2S3/c1-2-8-24-18-36-32(17-23(24)7-1)33-19-27(22-40-39(33)44-36)41(25-13-15-30-28-9-3-5-11-34(28)42-37(30)20-25)26-14-16-31-29-10-4-6-12-35(29)43-38(31)21-26/h1-22H. The second-order valence-corrected chi connectivity index (χ2v) is 14.4. The molecule has 0 aliphatic rings. The Labute approximate surface area is 264 Å². The molecule has 0 saturated carbocycles. The minimum Gasteiger partial charge on any atom is -0.309 e. The van der Waals surface area contributed by atoms with Crippen molar-refractivity contribution >= 4 is 122 Å². The van der Waals surface area contributed by atoms with Crippen molar-refractivity contribution in [3.63, 3.8) is 0 Å². The van der Waals surface area contributed by atoms with Gasteiger partial charge in [-0.15, -0.1) is 34.0 Å². The Morgan fingerprint density at radius 2 is 0.932 bits per heavy atom. The number of pyridine rings is 1. The number of aromatic nitrogens is 1. The van der Waals surface area contributed by atoms with Crippen LogP contribution in [-0.2, 0) is 0 Å². The van der Waals surface area contributed by atoms with E-state index < -0.39 is 0 Å². The summed E-state index contributed by atoms with van der Waals surface area (Å²) in [6.45, 7) is 0. The molecule has 0 fully saturated rings. The van der Waals surface area contributed by atoms with Crippen LogP contribution in [-0.4, -0.2) is 4.98 Å². The second-order valence-electron chi connectivity index (χ2n) is 11.2. The van der Waals surface area contributed by atoms with Gasteiger partial charge in [0.2, 0.25) is 0 Å². The lowest BCUT2D eigenvalue weighted by Gasteiger charge is -2.25. The number of fused-ring (bicyclic) bond motifs is 10. The Morgan fingerprint density at radius 3 is 1.59 bits per heavy atom. The van der Waals surface area contributed by atoms with E-state index in [1.807, 2.05) is 28.9 Å². The topological polar surface area (TPSA) is 16.1 Å². The highest BCUT2D eigenvalue weighted by Crippen LogP contribution is 2.45. The molecule has 10 aromatic rings. The molecule has 0 saturated heterocycles. The maximum atomic E-state index is 5.06. The van der Waals surface area contributed by atoms with Gasteiger partial charge >= 0.3 is 0 Å². The van der Waals surface area contributed by atoms with Gasteiger partial charge < -0.3 is 4.90 Å². The van der Waals surface area contributed by atoms with Crippen molar-refractivity contribution in [2.24, 2.45) is 0 Å². The summed E-state index contributed by atoms with van der Waals surface area (Å²) in [6.07, 6.45) is 2.04. The molecule has 0 spiro atoms. The minimum absolute atomic E-state index is 1.06. The maximum absolute atomic E-state index is 5.06. The first kappa shape index (κ1) is 24.6. The van der Waals surface area contributed by atoms with Gasteiger partial charge in [-0.25, -0.2) is 4.98 Å². The normalized spacial score (nSPS) is 12.1. The first-order valence-corrected chi connectivity index (χ1v) is 17.1. The summed E-state index contributed by atoms with van der Waals surface area (Å²) in [7, 11) is 0.